The van der Waals surface area contributed by atoms with Crippen molar-refractivity contribution in [2.24, 2.45) is 0 Å². The van der Waals surface area contributed by atoms with Gasteiger partial charge in [0.25, 0.3) is 11.6 Å². The van der Waals surface area contributed by atoms with Crippen LogP contribution in [0.5, 0.6) is 5.75 Å². The normalized spacial score (nSPS) is 20.6. The van der Waals surface area contributed by atoms with Crippen LogP contribution in [-0.4, -0.2) is 27.6 Å². The van der Waals surface area contributed by atoms with Gasteiger partial charge in [0.05, 0.1) is 11.0 Å². The Bertz CT molecular complexity index is 866. The summed E-state index contributed by atoms with van der Waals surface area (Å²) in [5, 5.41) is 24.4. The zero-order chi connectivity index (χ0) is 19.1. The van der Waals surface area contributed by atoms with Gasteiger partial charge in [0.1, 0.15) is 23.3 Å². The van der Waals surface area contributed by atoms with Gasteiger partial charge in [-0.25, -0.2) is 4.39 Å². The molecule has 0 aromatic heterocycles. The zero-order valence-corrected chi connectivity index (χ0v) is 14.1. The number of hydrogen-bond acceptors (Lipinski definition) is 5. The lowest BCUT2D eigenvalue weighted by Gasteiger charge is -2.42. The molecule has 26 heavy (non-hydrogen) atoms. The second-order valence-electron chi connectivity index (χ2n) is 6.59. The van der Waals surface area contributed by atoms with Crippen LogP contribution in [0.1, 0.15) is 35.8 Å². The first-order valence-electron chi connectivity index (χ1n) is 7.91. The van der Waals surface area contributed by atoms with Gasteiger partial charge in [0.15, 0.2) is 0 Å². The number of nitrogens with zero attached hydrogens (tertiary/aromatic N) is 1. The molecule has 1 aliphatic rings. The van der Waals surface area contributed by atoms with Crippen molar-refractivity contribution >= 4 is 11.6 Å². The highest BCUT2D eigenvalue weighted by Crippen LogP contribution is 2.41. The van der Waals surface area contributed by atoms with E-state index in [-0.39, 0.29) is 11.3 Å². The SMILES string of the molecule is CC1(C)Oc2ccc([N+](=O)[O-])cc2[C@H](NC(=O)c2ccc(F)cc2)[C@H]1O. The van der Waals surface area contributed by atoms with E-state index in [1.54, 1.807) is 13.8 Å². The molecule has 0 bridgehead atoms. The Morgan fingerprint density at radius 1 is 1.27 bits per heavy atom. The van der Waals surface area contributed by atoms with Crippen LogP contribution < -0.4 is 10.1 Å². The van der Waals surface area contributed by atoms with Gasteiger partial charge in [-0.1, -0.05) is 0 Å². The van der Waals surface area contributed by atoms with E-state index in [4.69, 9.17) is 4.74 Å². The van der Waals surface area contributed by atoms with Gasteiger partial charge in [-0.15, -0.1) is 0 Å². The summed E-state index contributed by atoms with van der Waals surface area (Å²) in [4.78, 5) is 23.0. The molecule has 7 nitrogen and oxygen atoms in total. The predicted molar refractivity (Wildman–Crippen MR) is 90.4 cm³/mol. The molecule has 0 unspecified atom stereocenters. The number of amides is 1. The van der Waals surface area contributed by atoms with Crippen molar-refractivity contribution in [3.05, 3.63) is 69.5 Å². The smallest absolute Gasteiger partial charge is 0.270 e. The molecule has 1 amide bonds. The molecular formula is C18H17FN2O5. The summed E-state index contributed by atoms with van der Waals surface area (Å²) >= 11 is 0. The lowest BCUT2D eigenvalue weighted by Crippen LogP contribution is -2.53. The number of carbonyl (C=O) groups is 1. The fraction of sp³-hybridized carbons (Fsp3) is 0.278. The van der Waals surface area contributed by atoms with E-state index in [1.165, 1.54) is 30.3 Å². The fourth-order valence-electron chi connectivity index (χ4n) is 2.88. The van der Waals surface area contributed by atoms with Crippen LogP contribution in [0, 0.1) is 15.9 Å². The molecule has 2 aromatic carbocycles. The third-order valence-corrected chi connectivity index (χ3v) is 4.33. The highest BCUT2D eigenvalue weighted by Gasteiger charge is 2.44. The largest absolute Gasteiger partial charge is 0.485 e. The fourth-order valence-corrected chi connectivity index (χ4v) is 2.88. The van der Waals surface area contributed by atoms with E-state index in [9.17, 15) is 24.4 Å². The highest BCUT2D eigenvalue weighted by atomic mass is 19.1. The summed E-state index contributed by atoms with van der Waals surface area (Å²) in [7, 11) is 0. The third kappa shape index (κ3) is 3.23. The predicted octanol–water partition coefficient (Wildman–Crippen LogP) is 2.74. The maximum atomic E-state index is 13.0. The Morgan fingerprint density at radius 3 is 2.54 bits per heavy atom. The number of non-ortho nitro benzene ring substituents is 1. The summed E-state index contributed by atoms with van der Waals surface area (Å²) in [5.74, 6) is -0.672. The number of aliphatic hydroxyl groups is 1. The molecule has 8 heteroatoms. The summed E-state index contributed by atoms with van der Waals surface area (Å²) < 4.78 is 18.8. The van der Waals surface area contributed by atoms with Gasteiger partial charge in [-0.05, 0) is 44.2 Å². The molecule has 136 valence electrons. The molecule has 2 aromatic rings. The molecule has 0 radical (unpaired) electrons. The Morgan fingerprint density at radius 2 is 1.92 bits per heavy atom. The quantitative estimate of drug-likeness (QED) is 0.647. The van der Waals surface area contributed by atoms with Crippen molar-refractivity contribution in [1.82, 2.24) is 5.32 Å². The van der Waals surface area contributed by atoms with Gasteiger partial charge in [0, 0.05) is 23.3 Å². The van der Waals surface area contributed by atoms with Crippen LogP contribution in [0.4, 0.5) is 10.1 Å². The number of halogens is 1. The van der Waals surface area contributed by atoms with Gasteiger partial charge in [-0.2, -0.15) is 0 Å². The van der Waals surface area contributed by atoms with Crippen LogP contribution >= 0.6 is 0 Å². The number of aliphatic hydroxyl groups excluding tert-OH is 1. The summed E-state index contributed by atoms with van der Waals surface area (Å²) in [5.41, 5.74) is -0.694. The zero-order valence-electron chi connectivity index (χ0n) is 14.1. The maximum Gasteiger partial charge on any atom is 0.270 e. The molecular weight excluding hydrogens is 343 g/mol. The molecule has 0 fully saturated rings. The van der Waals surface area contributed by atoms with E-state index in [1.807, 2.05) is 0 Å². The van der Waals surface area contributed by atoms with E-state index in [0.29, 0.717) is 11.3 Å². The Balaban J connectivity index is 1.99. The van der Waals surface area contributed by atoms with Crippen LogP contribution in [0.15, 0.2) is 42.5 Å². The molecule has 0 aliphatic carbocycles. The average Bonchev–Trinajstić information content (AvgIpc) is 2.58. The number of nitro benzene ring substituents is 1. The monoisotopic (exact) mass is 360 g/mol. The van der Waals surface area contributed by atoms with E-state index in [2.05, 4.69) is 5.32 Å². The van der Waals surface area contributed by atoms with Crippen molar-refractivity contribution in [2.45, 2.75) is 31.6 Å². The Labute approximate surface area is 148 Å². The first-order valence-corrected chi connectivity index (χ1v) is 7.91. The number of rotatable bonds is 3. The maximum absolute atomic E-state index is 13.0. The average molecular weight is 360 g/mol. The highest BCUT2D eigenvalue weighted by molar-refractivity contribution is 5.94. The van der Waals surface area contributed by atoms with Crippen LogP contribution in [-0.2, 0) is 0 Å². The molecule has 0 saturated heterocycles. The topological polar surface area (TPSA) is 102 Å². The van der Waals surface area contributed by atoms with Gasteiger partial charge >= 0.3 is 0 Å². The lowest BCUT2D eigenvalue weighted by atomic mass is 9.86. The van der Waals surface area contributed by atoms with Crippen molar-refractivity contribution in [3.63, 3.8) is 0 Å². The van der Waals surface area contributed by atoms with Crippen LogP contribution in [0.3, 0.4) is 0 Å². The molecule has 3 rings (SSSR count). The number of nitro groups is 1. The van der Waals surface area contributed by atoms with Crippen molar-refractivity contribution in [3.8, 4) is 5.75 Å². The number of ether oxygens (including phenoxy) is 1. The molecule has 0 spiro atoms. The standard InChI is InChI=1S/C18H17FN2O5/c1-18(2)16(22)15(20-17(23)10-3-5-11(19)6-4-10)13-9-12(21(24)25)7-8-14(13)26-18/h3-9,15-16,22H,1-2H3,(H,20,23)/t15-,16+/m0/s1. The van der Waals surface area contributed by atoms with Crippen molar-refractivity contribution in [1.29, 1.82) is 0 Å². The lowest BCUT2D eigenvalue weighted by molar-refractivity contribution is -0.385. The second-order valence-corrected chi connectivity index (χ2v) is 6.59. The molecule has 0 saturated carbocycles. The van der Waals surface area contributed by atoms with Gasteiger partial charge in [-0.3, -0.25) is 14.9 Å². The van der Waals surface area contributed by atoms with Crippen molar-refractivity contribution in [2.75, 3.05) is 0 Å². The van der Waals surface area contributed by atoms with Gasteiger partial charge < -0.3 is 15.2 Å². The molecule has 2 atom stereocenters. The summed E-state index contributed by atoms with van der Waals surface area (Å²) in [6.45, 7) is 3.30. The van der Waals surface area contributed by atoms with E-state index < -0.39 is 34.4 Å². The van der Waals surface area contributed by atoms with Crippen LogP contribution in [0.2, 0.25) is 0 Å². The number of carbonyl (C=O) groups excluding carboxylic acids is 1. The number of hydrogen-bond donors (Lipinski definition) is 2. The van der Waals surface area contributed by atoms with Crippen molar-refractivity contribution < 1.29 is 24.0 Å². The first kappa shape index (κ1) is 17.8. The number of fused-ring (bicyclic) bond motifs is 1. The number of benzene rings is 2. The molecule has 1 aliphatic heterocycles. The second kappa shape index (κ2) is 6.38. The minimum absolute atomic E-state index is 0.180. The third-order valence-electron chi connectivity index (χ3n) is 4.33. The summed E-state index contributed by atoms with van der Waals surface area (Å²) in [6.07, 6.45) is -1.15. The Hall–Kier alpha value is -3.00. The Kier molecular flexibility index (Phi) is 4.37. The van der Waals surface area contributed by atoms with Crippen LogP contribution in [0.25, 0.3) is 0 Å². The van der Waals surface area contributed by atoms with E-state index >= 15 is 0 Å². The molecule has 2 N–H and O–H groups in total. The van der Waals surface area contributed by atoms with Gasteiger partial charge in [0.2, 0.25) is 0 Å². The minimum atomic E-state index is -1.15. The minimum Gasteiger partial charge on any atom is -0.485 e. The molecule has 1 heterocycles. The first-order chi connectivity index (χ1) is 12.2. The number of nitrogens with one attached hydrogen (secondary N) is 1. The summed E-state index contributed by atoms with van der Waals surface area (Å²) in [6, 6.07) is 8.01. The van der Waals surface area contributed by atoms with E-state index in [0.717, 1.165) is 12.1 Å².